The Bertz CT molecular complexity index is 239. The van der Waals surface area contributed by atoms with E-state index in [0.717, 1.165) is 19.3 Å². The van der Waals surface area contributed by atoms with Crippen LogP contribution in [0.4, 0.5) is 0 Å². The minimum atomic E-state index is -0.898. The van der Waals surface area contributed by atoms with Gasteiger partial charge in [0.05, 0.1) is 17.6 Å². The zero-order valence-corrected chi connectivity index (χ0v) is 10.3. The van der Waals surface area contributed by atoms with E-state index in [1.54, 1.807) is 13.8 Å². The highest BCUT2D eigenvalue weighted by atomic mass is 16.3. The van der Waals surface area contributed by atoms with Crippen LogP contribution in [0.15, 0.2) is 0 Å². The fourth-order valence-corrected chi connectivity index (χ4v) is 2.06. The maximum atomic E-state index is 11.6. The van der Waals surface area contributed by atoms with Crippen LogP contribution < -0.4 is 5.32 Å². The van der Waals surface area contributed by atoms with Crippen molar-refractivity contribution < 1.29 is 15.0 Å². The van der Waals surface area contributed by atoms with Crippen LogP contribution >= 0.6 is 0 Å². The standard InChI is InChI=1S/C12H23NO3/c1-11(2,15)9-13-10(14)8-12(16)6-4-3-5-7-12/h15-16H,3-9H2,1-2H3,(H,13,14). The molecular formula is C12H23NO3. The second kappa shape index (κ2) is 5.15. The molecule has 0 spiro atoms. The van der Waals surface area contributed by atoms with Gasteiger partial charge in [0, 0.05) is 6.54 Å². The highest BCUT2D eigenvalue weighted by Crippen LogP contribution is 2.30. The highest BCUT2D eigenvalue weighted by molar-refractivity contribution is 5.77. The first-order valence-corrected chi connectivity index (χ1v) is 6.02. The lowest BCUT2D eigenvalue weighted by Crippen LogP contribution is -2.43. The first-order chi connectivity index (χ1) is 7.31. The van der Waals surface area contributed by atoms with Crippen molar-refractivity contribution in [3.63, 3.8) is 0 Å². The Kier molecular flexibility index (Phi) is 4.33. The van der Waals surface area contributed by atoms with E-state index in [9.17, 15) is 15.0 Å². The smallest absolute Gasteiger partial charge is 0.222 e. The molecule has 0 atom stereocenters. The third-order valence-electron chi connectivity index (χ3n) is 2.99. The molecule has 94 valence electrons. The van der Waals surface area contributed by atoms with Crippen molar-refractivity contribution in [1.29, 1.82) is 0 Å². The van der Waals surface area contributed by atoms with Crippen molar-refractivity contribution in [2.75, 3.05) is 6.54 Å². The Morgan fingerprint density at radius 3 is 2.38 bits per heavy atom. The lowest BCUT2D eigenvalue weighted by molar-refractivity contribution is -0.128. The molecule has 1 aliphatic rings. The van der Waals surface area contributed by atoms with E-state index in [-0.39, 0.29) is 18.9 Å². The molecule has 0 unspecified atom stereocenters. The minimum Gasteiger partial charge on any atom is -0.389 e. The predicted molar refractivity (Wildman–Crippen MR) is 62.0 cm³/mol. The van der Waals surface area contributed by atoms with Gasteiger partial charge in [-0.2, -0.15) is 0 Å². The van der Waals surface area contributed by atoms with Gasteiger partial charge in [-0.25, -0.2) is 0 Å². The summed E-state index contributed by atoms with van der Waals surface area (Å²) >= 11 is 0. The molecule has 1 saturated carbocycles. The van der Waals surface area contributed by atoms with Crippen LogP contribution in [0.3, 0.4) is 0 Å². The maximum absolute atomic E-state index is 11.6. The molecule has 0 aromatic rings. The molecule has 0 aromatic carbocycles. The molecule has 1 fully saturated rings. The van der Waals surface area contributed by atoms with Crippen molar-refractivity contribution in [3.05, 3.63) is 0 Å². The highest BCUT2D eigenvalue weighted by Gasteiger charge is 2.31. The number of carbonyl (C=O) groups excluding carboxylic acids is 1. The Hall–Kier alpha value is -0.610. The average Bonchev–Trinajstić information content (AvgIpc) is 2.14. The van der Waals surface area contributed by atoms with E-state index in [1.165, 1.54) is 0 Å². The summed E-state index contributed by atoms with van der Waals surface area (Å²) in [6.07, 6.45) is 4.72. The van der Waals surface area contributed by atoms with Gasteiger partial charge in [0.1, 0.15) is 0 Å². The van der Waals surface area contributed by atoms with E-state index < -0.39 is 11.2 Å². The summed E-state index contributed by atoms with van der Waals surface area (Å²) < 4.78 is 0. The zero-order chi connectivity index (χ0) is 12.2. The first-order valence-electron chi connectivity index (χ1n) is 6.02. The minimum absolute atomic E-state index is 0.156. The van der Waals surface area contributed by atoms with Gasteiger partial charge >= 0.3 is 0 Å². The Morgan fingerprint density at radius 1 is 1.31 bits per heavy atom. The van der Waals surface area contributed by atoms with Gasteiger partial charge in [0.25, 0.3) is 0 Å². The van der Waals surface area contributed by atoms with Crippen LogP contribution in [-0.4, -0.2) is 33.9 Å². The molecule has 4 heteroatoms. The largest absolute Gasteiger partial charge is 0.389 e. The third-order valence-corrected chi connectivity index (χ3v) is 2.99. The second-order valence-electron chi connectivity index (χ2n) is 5.55. The number of rotatable bonds is 4. The van der Waals surface area contributed by atoms with E-state index in [0.29, 0.717) is 12.8 Å². The van der Waals surface area contributed by atoms with Crippen molar-refractivity contribution in [1.82, 2.24) is 5.32 Å². The van der Waals surface area contributed by atoms with Crippen LogP contribution in [0.25, 0.3) is 0 Å². The molecule has 0 aromatic heterocycles. The van der Waals surface area contributed by atoms with Crippen molar-refractivity contribution in [2.45, 2.75) is 63.6 Å². The Morgan fingerprint density at radius 2 is 1.88 bits per heavy atom. The summed E-state index contributed by atoms with van der Waals surface area (Å²) in [5.41, 5.74) is -1.72. The van der Waals surface area contributed by atoms with E-state index in [2.05, 4.69) is 5.32 Å². The lowest BCUT2D eigenvalue weighted by Gasteiger charge is -2.31. The summed E-state index contributed by atoms with van der Waals surface area (Å²) in [6, 6.07) is 0. The summed E-state index contributed by atoms with van der Waals surface area (Å²) in [6.45, 7) is 3.51. The fraction of sp³-hybridized carbons (Fsp3) is 0.917. The lowest BCUT2D eigenvalue weighted by atomic mass is 9.82. The van der Waals surface area contributed by atoms with E-state index in [4.69, 9.17) is 0 Å². The van der Waals surface area contributed by atoms with Crippen LogP contribution in [-0.2, 0) is 4.79 Å². The fourth-order valence-electron chi connectivity index (χ4n) is 2.06. The SMILES string of the molecule is CC(C)(O)CNC(=O)CC1(O)CCCCC1. The van der Waals surface area contributed by atoms with Crippen molar-refractivity contribution >= 4 is 5.91 Å². The van der Waals surface area contributed by atoms with E-state index in [1.807, 2.05) is 0 Å². The maximum Gasteiger partial charge on any atom is 0.222 e. The number of amides is 1. The monoisotopic (exact) mass is 229 g/mol. The van der Waals surface area contributed by atoms with Gasteiger partial charge in [-0.3, -0.25) is 4.79 Å². The van der Waals surface area contributed by atoms with Crippen LogP contribution in [0.5, 0.6) is 0 Å². The summed E-state index contributed by atoms with van der Waals surface area (Å²) in [7, 11) is 0. The molecule has 0 radical (unpaired) electrons. The number of nitrogens with one attached hydrogen (secondary N) is 1. The second-order valence-corrected chi connectivity index (χ2v) is 5.55. The van der Waals surface area contributed by atoms with Gasteiger partial charge in [-0.1, -0.05) is 19.3 Å². The quantitative estimate of drug-likeness (QED) is 0.672. The number of hydrogen-bond donors (Lipinski definition) is 3. The zero-order valence-electron chi connectivity index (χ0n) is 10.3. The molecule has 1 rings (SSSR count). The summed E-state index contributed by atoms with van der Waals surface area (Å²) in [5, 5.41) is 22.3. The molecule has 1 aliphatic carbocycles. The summed E-state index contributed by atoms with van der Waals surface area (Å²) in [5.74, 6) is -0.175. The van der Waals surface area contributed by atoms with Crippen LogP contribution in [0.1, 0.15) is 52.4 Å². The molecular weight excluding hydrogens is 206 g/mol. The van der Waals surface area contributed by atoms with Crippen LogP contribution in [0, 0.1) is 0 Å². The molecule has 16 heavy (non-hydrogen) atoms. The topological polar surface area (TPSA) is 69.6 Å². The summed E-state index contributed by atoms with van der Waals surface area (Å²) in [4.78, 5) is 11.6. The van der Waals surface area contributed by atoms with Gasteiger partial charge < -0.3 is 15.5 Å². The van der Waals surface area contributed by atoms with Gasteiger partial charge in [0.15, 0.2) is 0 Å². The average molecular weight is 229 g/mol. The molecule has 0 bridgehead atoms. The number of aliphatic hydroxyl groups is 2. The Balaban J connectivity index is 2.33. The van der Waals surface area contributed by atoms with Crippen molar-refractivity contribution in [3.8, 4) is 0 Å². The normalized spacial score (nSPS) is 20.5. The number of carbonyl (C=O) groups is 1. The molecule has 0 aliphatic heterocycles. The third kappa shape index (κ3) is 4.94. The molecule has 3 N–H and O–H groups in total. The van der Waals surface area contributed by atoms with Gasteiger partial charge in [-0.05, 0) is 26.7 Å². The van der Waals surface area contributed by atoms with Gasteiger partial charge in [-0.15, -0.1) is 0 Å². The molecule has 4 nitrogen and oxygen atoms in total. The van der Waals surface area contributed by atoms with E-state index >= 15 is 0 Å². The van der Waals surface area contributed by atoms with Crippen molar-refractivity contribution in [2.24, 2.45) is 0 Å². The Labute approximate surface area is 97.0 Å². The molecule has 0 heterocycles. The molecule has 0 saturated heterocycles. The number of hydrogen-bond acceptors (Lipinski definition) is 3. The van der Waals surface area contributed by atoms with Crippen LogP contribution in [0.2, 0.25) is 0 Å². The first kappa shape index (κ1) is 13.5. The molecule has 1 amide bonds. The predicted octanol–water partition coefficient (Wildman–Crippen LogP) is 0.959. The van der Waals surface area contributed by atoms with Gasteiger partial charge in [0.2, 0.25) is 5.91 Å².